The Labute approximate surface area is 175 Å². The summed E-state index contributed by atoms with van der Waals surface area (Å²) in [5.41, 5.74) is 2.43. The van der Waals surface area contributed by atoms with Gasteiger partial charge in [0, 0.05) is 19.3 Å². The van der Waals surface area contributed by atoms with Crippen LogP contribution in [0.1, 0.15) is 17.5 Å². The number of rotatable bonds is 6. The Morgan fingerprint density at radius 3 is 2.34 bits per heavy atom. The number of carbonyl (C=O) groups is 2. The van der Waals surface area contributed by atoms with Gasteiger partial charge in [-0.15, -0.1) is 0 Å². The molecule has 4 rings (SSSR count). The van der Waals surface area contributed by atoms with E-state index in [0.29, 0.717) is 6.54 Å². The van der Waals surface area contributed by atoms with E-state index in [2.05, 4.69) is 29.6 Å². The number of aryl methyl sites for hydroxylation is 1. The summed E-state index contributed by atoms with van der Waals surface area (Å²) in [6.07, 6.45) is 1.55. The number of hydrogen-bond donors (Lipinski definition) is 1. The third-order valence-electron chi connectivity index (χ3n) is 5.20. The number of aliphatic imine (C=N–C) groups is 1. The van der Waals surface area contributed by atoms with Gasteiger partial charge < -0.3 is 9.80 Å². The fourth-order valence-corrected chi connectivity index (χ4v) is 4.65. The number of urea groups is 1. The molecule has 2 aromatic rings. The molecule has 0 radical (unpaired) electrons. The highest BCUT2D eigenvalue weighted by Gasteiger charge is 2.48. The number of benzene rings is 2. The summed E-state index contributed by atoms with van der Waals surface area (Å²) >= 11 is 1.66. The average molecular weight is 409 g/mol. The Morgan fingerprint density at radius 2 is 1.66 bits per heavy atom. The van der Waals surface area contributed by atoms with Crippen molar-refractivity contribution in [1.82, 2.24) is 15.1 Å². The van der Waals surface area contributed by atoms with E-state index < -0.39 is 18.2 Å². The highest BCUT2D eigenvalue weighted by Crippen LogP contribution is 2.30. The Morgan fingerprint density at radius 1 is 1.00 bits per heavy atom. The van der Waals surface area contributed by atoms with Gasteiger partial charge >= 0.3 is 6.03 Å². The summed E-state index contributed by atoms with van der Waals surface area (Å²) in [6, 6.07) is 19.6. The van der Waals surface area contributed by atoms with Crippen molar-refractivity contribution in [2.24, 2.45) is 4.99 Å². The predicted molar refractivity (Wildman–Crippen MR) is 116 cm³/mol. The Hall–Kier alpha value is -2.80. The zero-order valence-corrected chi connectivity index (χ0v) is 17.1. The first-order valence-electron chi connectivity index (χ1n) is 9.76. The molecule has 2 atom stereocenters. The molecule has 2 aromatic carbocycles. The van der Waals surface area contributed by atoms with Crippen LogP contribution >= 0.6 is 11.8 Å². The predicted octanol–water partition coefficient (Wildman–Crippen LogP) is 3.10. The summed E-state index contributed by atoms with van der Waals surface area (Å²) in [5.74, 6) is 0.621. The van der Waals surface area contributed by atoms with E-state index in [1.807, 2.05) is 41.3 Å². The number of nitrogens with zero attached hydrogens (tertiary/aromatic N) is 3. The lowest BCUT2D eigenvalue weighted by Gasteiger charge is -2.36. The van der Waals surface area contributed by atoms with Crippen LogP contribution < -0.4 is 5.32 Å². The Kier molecular flexibility index (Phi) is 5.85. The minimum atomic E-state index is -0.491. The summed E-state index contributed by atoms with van der Waals surface area (Å²) in [7, 11) is 1.69. The van der Waals surface area contributed by atoms with Crippen LogP contribution in [-0.2, 0) is 17.8 Å². The smallest absolute Gasteiger partial charge is 0.325 e. The quantitative estimate of drug-likeness (QED) is 0.746. The van der Waals surface area contributed by atoms with Gasteiger partial charge in [-0.3, -0.25) is 10.1 Å². The second-order valence-corrected chi connectivity index (χ2v) is 8.29. The lowest BCUT2D eigenvalue weighted by Crippen LogP contribution is -2.63. The van der Waals surface area contributed by atoms with Crippen LogP contribution in [0.2, 0.25) is 0 Å². The van der Waals surface area contributed by atoms with Crippen LogP contribution in [0, 0.1) is 0 Å². The number of likely N-dealkylation sites (N-methyl/N-ethyl adjacent to an activating group) is 1. The van der Waals surface area contributed by atoms with Gasteiger partial charge in [0.25, 0.3) is 5.91 Å². The van der Waals surface area contributed by atoms with Crippen LogP contribution in [0.15, 0.2) is 65.7 Å². The molecule has 0 bridgehead atoms. The molecule has 0 saturated carbocycles. The fraction of sp³-hybridized carbons (Fsp3) is 0.318. The number of hydrogen-bond acceptors (Lipinski definition) is 5. The number of imide groups is 1. The molecule has 3 amide bonds. The van der Waals surface area contributed by atoms with Crippen molar-refractivity contribution in [2.45, 2.75) is 31.6 Å². The minimum Gasteiger partial charge on any atom is -0.331 e. The van der Waals surface area contributed by atoms with Gasteiger partial charge in [-0.25, -0.2) is 9.79 Å². The monoisotopic (exact) mass is 408 g/mol. The second-order valence-electron chi connectivity index (χ2n) is 7.23. The van der Waals surface area contributed by atoms with E-state index in [0.717, 1.165) is 29.3 Å². The molecule has 1 saturated heterocycles. The van der Waals surface area contributed by atoms with Crippen LogP contribution in [0.5, 0.6) is 0 Å². The zero-order chi connectivity index (χ0) is 20.2. The summed E-state index contributed by atoms with van der Waals surface area (Å²) < 4.78 is 0. The lowest BCUT2D eigenvalue weighted by molar-refractivity contribution is -0.127. The normalized spacial score (nSPS) is 21.1. The lowest BCUT2D eigenvalue weighted by atomic mass is 10.1. The van der Waals surface area contributed by atoms with Gasteiger partial charge in [0.15, 0.2) is 17.4 Å². The third-order valence-corrected chi connectivity index (χ3v) is 6.29. The summed E-state index contributed by atoms with van der Waals surface area (Å²) in [6.45, 7) is 0.585. The first kappa shape index (κ1) is 19.5. The molecule has 0 aromatic heterocycles. The first-order chi connectivity index (χ1) is 14.1. The van der Waals surface area contributed by atoms with Crippen molar-refractivity contribution in [3.8, 4) is 0 Å². The van der Waals surface area contributed by atoms with Crippen molar-refractivity contribution >= 4 is 28.9 Å². The van der Waals surface area contributed by atoms with Crippen molar-refractivity contribution in [3.63, 3.8) is 0 Å². The number of fused-ring (bicyclic) bond motifs is 1. The maximum Gasteiger partial charge on any atom is 0.325 e. The molecule has 7 heteroatoms. The number of carbonyl (C=O) groups excluding carboxylic acids is 2. The second kappa shape index (κ2) is 8.69. The summed E-state index contributed by atoms with van der Waals surface area (Å²) in [4.78, 5) is 33.0. The van der Waals surface area contributed by atoms with Crippen LogP contribution in [0.4, 0.5) is 4.79 Å². The molecule has 29 heavy (non-hydrogen) atoms. The van der Waals surface area contributed by atoms with Gasteiger partial charge in [-0.05, 0) is 24.0 Å². The van der Waals surface area contributed by atoms with E-state index in [1.54, 1.807) is 18.8 Å². The molecule has 2 aliphatic rings. The highest BCUT2D eigenvalue weighted by atomic mass is 32.2. The van der Waals surface area contributed by atoms with Gasteiger partial charge in [0.2, 0.25) is 0 Å². The molecule has 2 unspecified atom stereocenters. The van der Waals surface area contributed by atoms with E-state index in [-0.39, 0.29) is 5.91 Å². The van der Waals surface area contributed by atoms with Gasteiger partial charge in [0.05, 0.1) is 0 Å². The van der Waals surface area contributed by atoms with Gasteiger partial charge in [-0.1, -0.05) is 72.4 Å². The van der Waals surface area contributed by atoms with Crippen LogP contribution in [0.3, 0.4) is 0 Å². The number of amidine groups is 1. The highest BCUT2D eigenvalue weighted by molar-refractivity contribution is 8.13. The van der Waals surface area contributed by atoms with E-state index in [1.165, 1.54) is 10.5 Å². The van der Waals surface area contributed by atoms with Crippen molar-refractivity contribution < 1.29 is 9.59 Å². The number of thioether (sulfide) groups is 1. The number of amides is 3. The van der Waals surface area contributed by atoms with Crippen LogP contribution in [-0.4, -0.2) is 51.9 Å². The van der Waals surface area contributed by atoms with Gasteiger partial charge in [-0.2, -0.15) is 0 Å². The summed E-state index contributed by atoms with van der Waals surface area (Å²) in [5, 5.41) is 3.28. The Balaban J connectivity index is 1.47. The molecular weight excluding hydrogens is 384 g/mol. The third kappa shape index (κ3) is 4.29. The molecule has 1 N–H and O–H groups in total. The maximum atomic E-state index is 12.6. The number of nitrogens with one attached hydrogen (secondary N) is 1. The van der Waals surface area contributed by atoms with Crippen molar-refractivity contribution in [2.75, 3.05) is 12.8 Å². The van der Waals surface area contributed by atoms with Gasteiger partial charge in [0.1, 0.15) is 0 Å². The fourth-order valence-electron chi connectivity index (χ4n) is 3.65. The van der Waals surface area contributed by atoms with E-state index in [4.69, 9.17) is 4.99 Å². The molecular formula is C22H24N4O2S. The zero-order valence-electron chi connectivity index (χ0n) is 16.3. The minimum absolute atomic E-state index is 0.280. The molecule has 2 heterocycles. The molecule has 1 fully saturated rings. The van der Waals surface area contributed by atoms with Crippen LogP contribution in [0.25, 0.3) is 0 Å². The SMILES string of the molecule is CN1C(=O)NC(=O)C2C1N=C(SCCCc1ccccc1)N2Cc1ccccc1. The van der Waals surface area contributed by atoms with Crippen molar-refractivity contribution in [1.29, 1.82) is 0 Å². The largest absolute Gasteiger partial charge is 0.331 e. The Bertz CT molecular complexity index is 904. The first-order valence-corrected chi connectivity index (χ1v) is 10.7. The molecule has 6 nitrogen and oxygen atoms in total. The van der Waals surface area contributed by atoms with E-state index in [9.17, 15) is 9.59 Å². The molecule has 150 valence electrons. The topological polar surface area (TPSA) is 65.0 Å². The standard InChI is InChI=1S/C22H24N4O2S/c1-25-19-18(20(27)24-21(25)28)26(15-17-11-6-3-7-12-17)22(23-19)29-14-8-13-16-9-4-2-5-10-16/h2-7,9-12,18-19H,8,13-15H2,1H3,(H,24,27,28). The van der Waals surface area contributed by atoms with E-state index >= 15 is 0 Å². The van der Waals surface area contributed by atoms with Crippen molar-refractivity contribution in [3.05, 3.63) is 71.8 Å². The average Bonchev–Trinajstić information content (AvgIpc) is 3.10. The molecule has 2 aliphatic heterocycles. The molecule has 0 spiro atoms. The molecule has 0 aliphatic carbocycles. The maximum absolute atomic E-state index is 12.6.